The molecule has 106 valence electrons. The molecule has 2 aromatic rings. The Balaban J connectivity index is 2.48. The smallest absolute Gasteiger partial charge is 0.335 e. The number of hydrogen-bond donors (Lipinski definition) is 2. The predicted octanol–water partition coefficient (Wildman–Crippen LogP) is 2.71. The number of rotatable bonds is 4. The second kappa shape index (κ2) is 5.92. The van der Waals surface area contributed by atoms with E-state index in [-0.39, 0.29) is 5.56 Å². The molecule has 0 aliphatic rings. The van der Waals surface area contributed by atoms with Crippen molar-refractivity contribution in [3.05, 3.63) is 47.2 Å². The number of carboxylic acids is 1. The van der Waals surface area contributed by atoms with E-state index >= 15 is 0 Å². The van der Waals surface area contributed by atoms with Crippen LogP contribution in [0.4, 0.5) is 11.5 Å². The number of methoxy groups -OCH3 is 1. The van der Waals surface area contributed by atoms with Crippen LogP contribution in [0.5, 0.6) is 5.75 Å². The van der Waals surface area contributed by atoms with Gasteiger partial charge in [-0.2, -0.15) is 5.26 Å². The summed E-state index contributed by atoms with van der Waals surface area (Å²) in [5, 5.41) is 21.2. The zero-order chi connectivity index (χ0) is 15.4. The van der Waals surface area contributed by atoms with Crippen LogP contribution in [-0.4, -0.2) is 23.2 Å². The summed E-state index contributed by atoms with van der Waals surface area (Å²) in [7, 11) is 1.49. The molecule has 1 aromatic carbocycles. The van der Waals surface area contributed by atoms with Gasteiger partial charge in [-0.25, -0.2) is 9.78 Å². The fraction of sp³-hybridized carbons (Fsp3) is 0.133. The normalized spacial score (nSPS) is 9.76. The van der Waals surface area contributed by atoms with Crippen LogP contribution in [0.2, 0.25) is 0 Å². The summed E-state index contributed by atoms with van der Waals surface area (Å²) in [6.45, 7) is 1.70. The molecule has 0 amide bonds. The van der Waals surface area contributed by atoms with Crippen molar-refractivity contribution < 1.29 is 14.6 Å². The second-order valence-corrected chi connectivity index (χ2v) is 4.31. The first kappa shape index (κ1) is 14.3. The maximum Gasteiger partial charge on any atom is 0.335 e. The maximum atomic E-state index is 11.1. The first-order valence-electron chi connectivity index (χ1n) is 6.11. The fourth-order valence-electron chi connectivity index (χ4n) is 1.91. The molecule has 6 nitrogen and oxygen atoms in total. The van der Waals surface area contributed by atoms with Gasteiger partial charge in [-0.15, -0.1) is 0 Å². The van der Waals surface area contributed by atoms with Crippen LogP contribution < -0.4 is 10.1 Å². The van der Waals surface area contributed by atoms with Crippen molar-refractivity contribution in [3.8, 4) is 11.8 Å². The number of nitrogens with zero attached hydrogens (tertiary/aromatic N) is 2. The highest BCUT2D eigenvalue weighted by Crippen LogP contribution is 2.30. The molecule has 0 atom stereocenters. The van der Waals surface area contributed by atoms with Crippen molar-refractivity contribution in [2.24, 2.45) is 0 Å². The summed E-state index contributed by atoms with van der Waals surface area (Å²) in [4.78, 5) is 15.3. The Morgan fingerprint density at radius 3 is 2.81 bits per heavy atom. The topological polar surface area (TPSA) is 95.2 Å². The van der Waals surface area contributed by atoms with Crippen molar-refractivity contribution in [1.82, 2.24) is 4.98 Å². The average Bonchev–Trinajstić information content (AvgIpc) is 2.46. The Bertz CT molecular complexity index is 735. The third-order valence-corrected chi connectivity index (χ3v) is 2.82. The number of nitriles is 1. The van der Waals surface area contributed by atoms with Gasteiger partial charge in [0.25, 0.3) is 0 Å². The number of benzene rings is 1. The molecular weight excluding hydrogens is 270 g/mol. The molecule has 0 saturated carbocycles. The van der Waals surface area contributed by atoms with Crippen molar-refractivity contribution in [1.29, 1.82) is 5.26 Å². The van der Waals surface area contributed by atoms with Gasteiger partial charge in [0, 0.05) is 5.69 Å². The van der Waals surface area contributed by atoms with Crippen LogP contribution in [0.1, 0.15) is 21.6 Å². The van der Waals surface area contributed by atoms with Crippen LogP contribution in [0, 0.1) is 18.3 Å². The van der Waals surface area contributed by atoms with Crippen LogP contribution in [0.15, 0.2) is 30.3 Å². The van der Waals surface area contributed by atoms with E-state index in [9.17, 15) is 4.79 Å². The lowest BCUT2D eigenvalue weighted by Crippen LogP contribution is -2.04. The van der Waals surface area contributed by atoms with Crippen LogP contribution in [-0.2, 0) is 0 Å². The molecule has 0 bridgehead atoms. The number of carboxylic acid groups (broad SMARTS) is 1. The third kappa shape index (κ3) is 3.09. The van der Waals surface area contributed by atoms with Crippen molar-refractivity contribution in [2.75, 3.05) is 12.4 Å². The molecule has 0 fully saturated rings. The van der Waals surface area contributed by atoms with Crippen molar-refractivity contribution in [2.45, 2.75) is 6.92 Å². The van der Waals surface area contributed by atoms with E-state index in [1.807, 2.05) is 0 Å². The number of nitrogens with one attached hydrogen (secondary N) is 1. The van der Waals surface area contributed by atoms with E-state index in [4.69, 9.17) is 15.1 Å². The second-order valence-electron chi connectivity index (χ2n) is 4.31. The minimum Gasteiger partial charge on any atom is -0.495 e. The summed E-state index contributed by atoms with van der Waals surface area (Å²) in [6, 6.07) is 9.98. The van der Waals surface area contributed by atoms with Gasteiger partial charge in [0.2, 0.25) is 0 Å². The number of ether oxygens (including phenoxy) is 1. The molecular formula is C15H13N3O3. The van der Waals surface area contributed by atoms with Gasteiger partial charge < -0.3 is 15.2 Å². The van der Waals surface area contributed by atoms with Gasteiger partial charge in [-0.05, 0) is 31.2 Å². The number of hydrogen-bond acceptors (Lipinski definition) is 5. The Kier molecular flexibility index (Phi) is 4.05. The van der Waals surface area contributed by atoms with Gasteiger partial charge in [0.05, 0.1) is 18.2 Å². The van der Waals surface area contributed by atoms with E-state index in [0.717, 1.165) is 0 Å². The summed E-state index contributed by atoms with van der Waals surface area (Å²) in [6.07, 6.45) is 0. The molecule has 2 rings (SSSR count). The Morgan fingerprint density at radius 2 is 2.19 bits per heavy atom. The van der Waals surface area contributed by atoms with Crippen LogP contribution in [0.3, 0.4) is 0 Å². The zero-order valence-electron chi connectivity index (χ0n) is 11.5. The highest BCUT2D eigenvalue weighted by Gasteiger charge is 2.12. The van der Waals surface area contributed by atoms with Crippen molar-refractivity contribution in [3.63, 3.8) is 0 Å². The van der Waals surface area contributed by atoms with Crippen LogP contribution in [0.25, 0.3) is 0 Å². The first-order chi connectivity index (χ1) is 10.0. The summed E-state index contributed by atoms with van der Waals surface area (Å²) in [5.74, 6) is -0.216. The highest BCUT2D eigenvalue weighted by atomic mass is 16.5. The van der Waals surface area contributed by atoms with E-state index in [1.54, 1.807) is 25.1 Å². The lowest BCUT2D eigenvalue weighted by atomic mass is 10.1. The molecule has 0 radical (unpaired) electrons. The summed E-state index contributed by atoms with van der Waals surface area (Å²) in [5.41, 5.74) is 1.52. The largest absolute Gasteiger partial charge is 0.495 e. The number of pyridine rings is 1. The Hall–Kier alpha value is -3.07. The molecule has 0 unspecified atom stereocenters. The summed E-state index contributed by atoms with van der Waals surface area (Å²) >= 11 is 0. The fourth-order valence-corrected chi connectivity index (χ4v) is 1.91. The van der Waals surface area contributed by atoms with Gasteiger partial charge in [-0.1, -0.05) is 6.07 Å². The van der Waals surface area contributed by atoms with Gasteiger partial charge in [0.15, 0.2) is 0 Å². The molecule has 0 saturated heterocycles. The maximum absolute atomic E-state index is 11.1. The monoisotopic (exact) mass is 283 g/mol. The standard InChI is InChI=1S/C15H13N3O3/c1-9-6-11(15(19)20)7-13(17-9)18-14-10(8-16)4-3-5-12(14)21-2/h3-7H,1-2H3,(H,17,18)(H,19,20). The Labute approximate surface area is 121 Å². The van der Waals surface area contributed by atoms with E-state index in [2.05, 4.69) is 16.4 Å². The van der Waals surface area contributed by atoms with Crippen molar-refractivity contribution >= 4 is 17.5 Å². The lowest BCUT2D eigenvalue weighted by Gasteiger charge is -2.13. The number of aryl methyl sites for hydroxylation is 1. The third-order valence-electron chi connectivity index (χ3n) is 2.82. The molecule has 0 aliphatic carbocycles. The number of para-hydroxylation sites is 1. The first-order valence-corrected chi connectivity index (χ1v) is 6.11. The van der Waals surface area contributed by atoms with E-state index < -0.39 is 5.97 Å². The molecule has 6 heteroatoms. The zero-order valence-corrected chi connectivity index (χ0v) is 11.5. The minimum absolute atomic E-state index is 0.124. The number of aromatic carboxylic acids is 1. The highest BCUT2D eigenvalue weighted by molar-refractivity contribution is 5.89. The molecule has 21 heavy (non-hydrogen) atoms. The van der Waals surface area contributed by atoms with Gasteiger partial charge in [-0.3, -0.25) is 0 Å². The molecule has 1 aromatic heterocycles. The lowest BCUT2D eigenvalue weighted by molar-refractivity contribution is 0.0696. The number of carbonyl (C=O) groups is 1. The van der Waals surface area contributed by atoms with Gasteiger partial charge >= 0.3 is 5.97 Å². The molecule has 2 N–H and O–H groups in total. The quantitative estimate of drug-likeness (QED) is 0.895. The molecule has 0 aliphatic heterocycles. The molecule has 0 spiro atoms. The number of anilines is 2. The van der Waals surface area contributed by atoms with Crippen LogP contribution >= 0.6 is 0 Å². The minimum atomic E-state index is -1.04. The Morgan fingerprint density at radius 1 is 1.43 bits per heavy atom. The van der Waals surface area contributed by atoms with E-state index in [0.29, 0.717) is 28.5 Å². The van der Waals surface area contributed by atoms with E-state index in [1.165, 1.54) is 19.2 Å². The number of aromatic nitrogens is 1. The average molecular weight is 283 g/mol. The SMILES string of the molecule is COc1cccc(C#N)c1Nc1cc(C(=O)O)cc(C)n1. The van der Waals surface area contributed by atoms with Gasteiger partial charge in [0.1, 0.15) is 23.3 Å². The summed E-state index contributed by atoms with van der Waals surface area (Å²) < 4.78 is 5.21. The molecule has 1 heterocycles. The predicted molar refractivity (Wildman–Crippen MR) is 76.9 cm³/mol.